The van der Waals surface area contributed by atoms with E-state index in [1.54, 1.807) is 18.0 Å². The summed E-state index contributed by atoms with van der Waals surface area (Å²) >= 11 is 0. The highest BCUT2D eigenvalue weighted by molar-refractivity contribution is 5.88. The lowest BCUT2D eigenvalue weighted by molar-refractivity contribution is 0.0695. The van der Waals surface area contributed by atoms with E-state index in [2.05, 4.69) is 10.4 Å². The van der Waals surface area contributed by atoms with Gasteiger partial charge in [-0.15, -0.1) is 0 Å². The fourth-order valence-electron chi connectivity index (χ4n) is 1.74. The molecule has 0 aromatic carbocycles. The van der Waals surface area contributed by atoms with Crippen molar-refractivity contribution in [3.63, 3.8) is 0 Å². The van der Waals surface area contributed by atoms with Gasteiger partial charge in [0, 0.05) is 13.6 Å². The van der Waals surface area contributed by atoms with Crippen LogP contribution in [0, 0.1) is 0 Å². The standard InChI is InChI=1S/C12H15N3O3/c1-8(11-4-3-5-18-11)13-7-10-9(12(16)17)6-14-15(10)2/h3-6,8,13H,7H2,1-2H3,(H,16,17)/t8-/m1/s1. The van der Waals surface area contributed by atoms with Crippen LogP contribution in [-0.4, -0.2) is 20.9 Å². The summed E-state index contributed by atoms with van der Waals surface area (Å²) < 4.78 is 6.83. The highest BCUT2D eigenvalue weighted by Crippen LogP contribution is 2.14. The van der Waals surface area contributed by atoms with Crippen molar-refractivity contribution in [1.82, 2.24) is 15.1 Å². The minimum Gasteiger partial charge on any atom is -0.478 e. The maximum absolute atomic E-state index is 11.0. The van der Waals surface area contributed by atoms with Crippen molar-refractivity contribution in [2.24, 2.45) is 7.05 Å². The Morgan fingerprint density at radius 2 is 2.44 bits per heavy atom. The Kier molecular flexibility index (Phi) is 3.47. The number of aryl methyl sites for hydroxylation is 1. The third-order valence-corrected chi connectivity index (χ3v) is 2.84. The van der Waals surface area contributed by atoms with E-state index in [9.17, 15) is 4.79 Å². The zero-order valence-corrected chi connectivity index (χ0v) is 10.3. The van der Waals surface area contributed by atoms with Crippen molar-refractivity contribution in [2.45, 2.75) is 19.5 Å². The number of hydrogen-bond acceptors (Lipinski definition) is 4. The zero-order valence-electron chi connectivity index (χ0n) is 10.3. The Labute approximate surface area is 104 Å². The average molecular weight is 249 g/mol. The predicted octanol–water partition coefficient (Wildman–Crippen LogP) is 1.56. The van der Waals surface area contributed by atoms with E-state index < -0.39 is 5.97 Å². The summed E-state index contributed by atoms with van der Waals surface area (Å²) in [7, 11) is 1.72. The summed E-state index contributed by atoms with van der Waals surface area (Å²) in [6.07, 6.45) is 2.97. The van der Waals surface area contributed by atoms with Crippen LogP contribution in [0.2, 0.25) is 0 Å². The van der Waals surface area contributed by atoms with Crippen molar-refractivity contribution in [3.8, 4) is 0 Å². The summed E-state index contributed by atoms with van der Waals surface area (Å²) in [6.45, 7) is 2.37. The molecule has 6 nitrogen and oxygen atoms in total. The minimum atomic E-state index is -0.967. The SMILES string of the molecule is C[C@@H](NCc1c(C(=O)O)cnn1C)c1ccco1. The predicted molar refractivity (Wildman–Crippen MR) is 64.1 cm³/mol. The summed E-state index contributed by atoms with van der Waals surface area (Å²) in [5.41, 5.74) is 0.859. The van der Waals surface area contributed by atoms with Gasteiger partial charge in [-0.3, -0.25) is 4.68 Å². The summed E-state index contributed by atoms with van der Waals surface area (Å²) in [4.78, 5) is 11.0. The van der Waals surface area contributed by atoms with E-state index in [4.69, 9.17) is 9.52 Å². The molecule has 96 valence electrons. The molecule has 0 radical (unpaired) electrons. The van der Waals surface area contributed by atoms with Gasteiger partial charge in [0.2, 0.25) is 0 Å². The normalized spacial score (nSPS) is 12.6. The fraction of sp³-hybridized carbons (Fsp3) is 0.333. The number of aromatic nitrogens is 2. The molecule has 2 aromatic heterocycles. The first-order valence-corrected chi connectivity index (χ1v) is 5.60. The second kappa shape index (κ2) is 5.05. The van der Waals surface area contributed by atoms with Gasteiger partial charge in [0.05, 0.1) is 24.2 Å². The molecule has 0 aliphatic rings. The van der Waals surface area contributed by atoms with Crippen LogP contribution in [0.15, 0.2) is 29.0 Å². The lowest BCUT2D eigenvalue weighted by atomic mass is 10.2. The van der Waals surface area contributed by atoms with Crippen LogP contribution in [0.4, 0.5) is 0 Å². The second-order valence-corrected chi connectivity index (χ2v) is 4.05. The molecule has 2 aromatic rings. The molecule has 0 unspecified atom stereocenters. The summed E-state index contributed by atoms with van der Waals surface area (Å²) in [6, 6.07) is 3.70. The van der Waals surface area contributed by atoms with Gasteiger partial charge in [0.15, 0.2) is 0 Å². The van der Waals surface area contributed by atoms with E-state index in [1.807, 2.05) is 19.1 Å². The first kappa shape index (κ1) is 12.4. The van der Waals surface area contributed by atoms with Gasteiger partial charge in [-0.2, -0.15) is 5.10 Å². The van der Waals surface area contributed by atoms with Gasteiger partial charge in [-0.05, 0) is 19.1 Å². The molecular weight excluding hydrogens is 234 g/mol. The third kappa shape index (κ3) is 2.43. The average Bonchev–Trinajstić information content (AvgIpc) is 2.95. The number of carboxylic acids is 1. The molecule has 2 rings (SSSR count). The number of aromatic carboxylic acids is 1. The number of nitrogens with one attached hydrogen (secondary N) is 1. The Morgan fingerprint density at radius 1 is 1.67 bits per heavy atom. The maximum atomic E-state index is 11.0. The number of rotatable bonds is 5. The number of furan rings is 1. The molecule has 0 saturated carbocycles. The molecule has 0 aliphatic heterocycles. The van der Waals surface area contributed by atoms with Crippen LogP contribution in [0.5, 0.6) is 0 Å². The van der Waals surface area contributed by atoms with Crippen molar-refractivity contribution in [2.75, 3.05) is 0 Å². The first-order valence-electron chi connectivity index (χ1n) is 5.60. The molecule has 0 bridgehead atoms. The van der Waals surface area contributed by atoms with Crippen molar-refractivity contribution < 1.29 is 14.3 Å². The van der Waals surface area contributed by atoms with Crippen molar-refractivity contribution in [3.05, 3.63) is 41.6 Å². The summed E-state index contributed by atoms with van der Waals surface area (Å²) in [5.74, 6) is -0.153. The Morgan fingerprint density at radius 3 is 3.06 bits per heavy atom. The molecule has 1 atom stereocenters. The molecule has 0 saturated heterocycles. The van der Waals surface area contributed by atoms with Crippen LogP contribution in [0.1, 0.15) is 34.8 Å². The smallest absolute Gasteiger partial charge is 0.339 e. The third-order valence-electron chi connectivity index (χ3n) is 2.84. The van der Waals surface area contributed by atoms with Crippen molar-refractivity contribution >= 4 is 5.97 Å². The molecule has 0 amide bonds. The van der Waals surface area contributed by atoms with Crippen molar-refractivity contribution in [1.29, 1.82) is 0 Å². The largest absolute Gasteiger partial charge is 0.478 e. The van der Waals surface area contributed by atoms with Gasteiger partial charge in [0.25, 0.3) is 0 Å². The molecule has 2 heterocycles. The molecule has 0 aliphatic carbocycles. The highest BCUT2D eigenvalue weighted by atomic mass is 16.4. The lowest BCUT2D eigenvalue weighted by Gasteiger charge is -2.12. The van der Waals surface area contributed by atoms with E-state index in [0.29, 0.717) is 12.2 Å². The molecule has 6 heteroatoms. The number of carbonyl (C=O) groups is 1. The van der Waals surface area contributed by atoms with Crippen LogP contribution in [0.25, 0.3) is 0 Å². The summed E-state index contributed by atoms with van der Waals surface area (Å²) in [5, 5.41) is 16.2. The number of hydrogen-bond donors (Lipinski definition) is 2. The Hall–Kier alpha value is -2.08. The zero-order chi connectivity index (χ0) is 13.1. The van der Waals surface area contributed by atoms with Gasteiger partial charge in [-0.25, -0.2) is 4.79 Å². The topological polar surface area (TPSA) is 80.3 Å². The van der Waals surface area contributed by atoms with E-state index in [-0.39, 0.29) is 11.6 Å². The van der Waals surface area contributed by atoms with Crippen LogP contribution in [-0.2, 0) is 13.6 Å². The molecule has 2 N–H and O–H groups in total. The van der Waals surface area contributed by atoms with Crippen LogP contribution in [0.3, 0.4) is 0 Å². The molecule has 0 spiro atoms. The van der Waals surface area contributed by atoms with Crippen LogP contribution < -0.4 is 5.32 Å². The first-order chi connectivity index (χ1) is 8.59. The fourth-order valence-corrected chi connectivity index (χ4v) is 1.74. The molecule has 18 heavy (non-hydrogen) atoms. The number of carboxylic acid groups (broad SMARTS) is 1. The van der Waals surface area contributed by atoms with E-state index in [1.165, 1.54) is 6.20 Å². The maximum Gasteiger partial charge on any atom is 0.339 e. The lowest BCUT2D eigenvalue weighted by Crippen LogP contribution is -2.21. The highest BCUT2D eigenvalue weighted by Gasteiger charge is 2.16. The minimum absolute atomic E-state index is 0.0107. The number of nitrogens with zero attached hydrogens (tertiary/aromatic N) is 2. The van der Waals surface area contributed by atoms with Crippen LogP contribution >= 0.6 is 0 Å². The Bertz CT molecular complexity index is 531. The quantitative estimate of drug-likeness (QED) is 0.840. The van der Waals surface area contributed by atoms with Gasteiger partial charge in [-0.1, -0.05) is 0 Å². The second-order valence-electron chi connectivity index (χ2n) is 4.05. The Balaban J connectivity index is 2.06. The van der Waals surface area contributed by atoms with Gasteiger partial charge in [0.1, 0.15) is 11.3 Å². The van der Waals surface area contributed by atoms with E-state index >= 15 is 0 Å². The molecule has 0 fully saturated rings. The molecular formula is C12H15N3O3. The van der Waals surface area contributed by atoms with Gasteiger partial charge < -0.3 is 14.8 Å². The monoisotopic (exact) mass is 249 g/mol. The van der Waals surface area contributed by atoms with Gasteiger partial charge >= 0.3 is 5.97 Å². The van der Waals surface area contributed by atoms with E-state index in [0.717, 1.165) is 5.76 Å².